The molecule has 0 bridgehead atoms. The topological polar surface area (TPSA) is 109 Å². The maximum atomic E-state index is 11.6. The summed E-state index contributed by atoms with van der Waals surface area (Å²) in [5.74, 6) is 1.17. The highest BCUT2D eigenvalue weighted by Crippen LogP contribution is 2.22. The highest BCUT2D eigenvalue weighted by molar-refractivity contribution is 5.79. The van der Waals surface area contributed by atoms with Crippen LogP contribution in [0.1, 0.15) is 18.0 Å². The lowest BCUT2D eigenvalue weighted by molar-refractivity contribution is 0.302. The number of rotatable bonds is 7. The third-order valence-electron chi connectivity index (χ3n) is 4.21. The lowest BCUT2D eigenvalue weighted by Crippen LogP contribution is -2.16. The fraction of sp³-hybridized carbons (Fsp3) is 0.158. The van der Waals surface area contributed by atoms with Crippen LogP contribution in [-0.2, 0) is 0 Å². The van der Waals surface area contributed by atoms with E-state index in [4.69, 9.17) is 4.74 Å². The summed E-state index contributed by atoms with van der Waals surface area (Å²) in [7, 11) is 0. The second kappa shape index (κ2) is 7.69. The Morgan fingerprint density at radius 1 is 1.07 bits per heavy atom. The number of nitrogens with zero attached hydrogens (tertiary/aromatic N) is 3. The van der Waals surface area contributed by atoms with Gasteiger partial charge >= 0.3 is 0 Å². The van der Waals surface area contributed by atoms with E-state index < -0.39 is 0 Å². The van der Waals surface area contributed by atoms with Gasteiger partial charge in [-0.2, -0.15) is 5.10 Å². The summed E-state index contributed by atoms with van der Waals surface area (Å²) < 4.78 is 5.88. The fourth-order valence-corrected chi connectivity index (χ4v) is 2.88. The van der Waals surface area contributed by atoms with Gasteiger partial charge in [0.15, 0.2) is 0 Å². The molecule has 1 unspecified atom stereocenters. The molecule has 0 radical (unpaired) electrons. The maximum absolute atomic E-state index is 11.6. The van der Waals surface area contributed by atoms with E-state index in [-0.39, 0.29) is 11.6 Å². The summed E-state index contributed by atoms with van der Waals surface area (Å²) in [6.07, 6.45) is 3.83. The van der Waals surface area contributed by atoms with Gasteiger partial charge in [0.1, 0.15) is 5.75 Å². The normalized spacial score (nSPS) is 12.0. The first-order valence-electron chi connectivity index (χ1n) is 8.58. The zero-order valence-corrected chi connectivity index (χ0v) is 14.4. The Balaban J connectivity index is 1.45. The van der Waals surface area contributed by atoms with Crippen molar-refractivity contribution in [2.75, 3.05) is 11.9 Å². The van der Waals surface area contributed by atoms with Crippen molar-refractivity contribution in [1.29, 1.82) is 0 Å². The second-order valence-corrected chi connectivity index (χ2v) is 6.00. The van der Waals surface area contributed by atoms with Crippen LogP contribution in [0.2, 0.25) is 0 Å². The van der Waals surface area contributed by atoms with E-state index in [1.165, 1.54) is 6.20 Å². The lowest BCUT2D eigenvalue weighted by Gasteiger charge is -2.19. The fourth-order valence-electron chi connectivity index (χ4n) is 2.88. The van der Waals surface area contributed by atoms with E-state index in [9.17, 15) is 4.79 Å². The van der Waals surface area contributed by atoms with E-state index in [1.807, 2.05) is 36.4 Å². The Labute approximate surface area is 154 Å². The van der Waals surface area contributed by atoms with Crippen molar-refractivity contribution < 1.29 is 4.74 Å². The molecule has 8 nitrogen and oxygen atoms in total. The van der Waals surface area contributed by atoms with Crippen LogP contribution in [0.5, 0.6) is 5.75 Å². The standard InChI is InChI=1S/C19H18N6O2/c26-18-15-7-6-14(12-17(15)23-24-18)27-11-8-16(13-4-2-1-3-5-13)22-19-20-9-10-21-25-19/h1-7,9-10,12,16H,8,11H2,(H,20,22,25)(H2,23,24,26). The van der Waals surface area contributed by atoms with Crippen LogP contribution in [0.3, 0.4) is 0 Å². The Kier molecular flexibility index (Phi) is 4.78. The molecule has 4 rings (SSSR count). The number of nitrogens with one attached hydrogen (secondary N) is 3. The van der Waals surface area contributed by atoms with E-state index in [1.54, 1.807) is 18.3 Å². The van der Waals surface area contributed by atoms with Crippen LogP contribution in [0, 0.1) is 0 Å². The van der Waals surface area contributed by atoms with Crippen molar-refractivity contribution in [2.45, 2.75) is 12.5 Å². The van der Waals surface area contributed by atoms with Gasteiger partial charge in [-0.15, -0.1) is 5.10 Å². The van der Waals surface area contributed by atoms with Crippen LogP contribution in [0.15, 0.2) is 65.7 Å². The molecule has 0 aliphatic carbocycles. The van der Waals surface area contributed by atoms with Crippen molar-refractivity contribution in [1.82, 2.24) is 25.4 Å². The molecule has 27 heavy (non-hydrogen) atoms. The summed E-state index contributed by atoms with van der Waals surface area (Å²) >= 11 is 0. The number of benzene rings is 2. The molecule has 8 heteroatoms. The Bertz CT molecular complexity index is 1060. The molecule has 0 saturated heterocycles. The lowest BCUT2D eigenvalue weighted by atomic mass is 10.0. The van der Waals surface area contributed by atoms with Gasteiger partial charge in [-0.05, 0) is 17.7 Å². The van der Waals surface area contributed by atoms with E-state index >= 15 is 0 Å². The van der Waals surface area contributed by atoms with Gasteiger partial charge < -0.3 is 10.1 Å². The van der Waals surface area contributed by atoms with Crippen LogP contribution in [0.4, 0.5) is 5.95 Å². The smallest absolute Gasteiger partial charge is 0.271 e. The Morgan fingerprint density at radius 3 is 2.78 bits per heavy atom. The van der Waals surface area contributed by atoms with E-state index in [0.29, 0.717) is 30.1 Å². The van der Waals surface area contributed by atoms with Gasteiger partial charge in [-0.3, -0.25) is 15.0 Å². The van der Waals surface area contributed by atoms with Crippen LogP contribution >= 0.6 is 0 Å². The molecular weight excluding hydrogens is 344 g/mol. The van der Waals surface area contributed by atoms with Crippen molar-refractivity contribution >= 4 is 16.9 Å². The third-order valence-corrected chi connectivity index (χ3v) is 4.21. The molecule has 0 spiro atoms. The number of aromatic amines is 2. The monoisotopic (exact) mass is 362 g/mol. The zero-order valence-electron chi connectivity index (χ0n) is 14.4. The summed E-state index contributed by atoms with van der Waals surface area (Å²) in [6, 6.07) is 15.4. The number of hydrogen-bond donors (Lipinski definition) is 3. The first-order chi connectivity index (χ1) is 13.3. The largest absolute Gasteiger partial charge is 0.493 e. The maximum Gasteiger partial charge on any atom is 0.271 e. The minimum atomic E-state index is -0.138. The predicted octanol–water partition coefficient (Wildman–Crippen LogP) is 2.66. The van der Waals surface area contributed by atoms with E-state index in [0.717, 1.165) is 11.1 Å². The van der Waals surface area contributed by atoms with Crippen LogP contribution in [-0.4, -0.2) is 32.0 Å². The summed E-state index contributed by atoms with van der Waals surface area (Å²) in [5, 5.41) is 17.2. The van der Waals surface area contributed by atoms with Crippen LogP contribution < -0.4 is 15.6 Å². The molecule has 2 aromatic heterocycles. The predicted molar refractivity (Wildman–Crippen MR) is 102 cm³/mol. The van der Waals surface area contributed by atoms with Gasteiger partial charge in [-0.25, -0.2) is 4.98 Å². The molecular formula is C19H18N6O2. The average molecular weight is 362 g/mol. The molecule has 0 aliphatic heterocycles. The minimum Gasteiger partial charge on any atom is -0.493 e. The van der Waals surface area contributed by atoms with Crippen molar-refractivity contribution in [3.63, 3.8) is 0 Å². The van der Waals surface area contributed by atoms with Gasteiger partial charge in [0.05, 0.1) is 35.9 Å². The average Bonchev–Trinajstić information content (AvgIpc) is 3.09. The molecule has 4 aromatic rings. The Hall–Kier alpha value is -3.68. The number of ether oxygens (including phenoxy) is 1. The van der Waals surface area contributed by atoms with Crippen LogP contribution in [0.25, 0.3) is 10.9 Å². The number of hydrogen-bond acceptors (Lipinski definition) is 6. The van der Waals surface area contributed by atoms with Gasteiger partial charge in [0, 0.05) is 12.5 Å². The highest BCUT2D eigenvalue weighted by Gasteiger charge is 2.13. The molecule has 0 amide bonds. The number of aromatic nitrogens is 5. The summed E-state index contributed by atoms with van der Waals surface area (Å²) in [4.78, 5) is 15.8. The third kappa shape index (κ3) is 3.95. The number of fused-ring (bicyclic) bond motifs is 1. The van der Waals surface area contributed by atoms with Crippen molar-refractivity contribution in [3.05, 3.63) is 76.8 Å². The first kappa shape index (κ1) is 16.8. The van der Waals surface area contributed by atoms with E-state index in [2.05, 4.69) is 30.7 Å². The second-order valence-electron chi connectivity index (χ2n) is 6.00. The molecule has 0 aliphatic rings. The van der Waals surface area contributed by atoms with Gasteiger partial charge in [-0.1, -0.05) is 30.3 Å². The van der Waals surface area contributed by atoms with Crippen molar-refractivity contribution in [3.8, 4) is 5.75 Å². The molecule has 2 aromatic carbocycles. The highest BCUT2D eigenvalue weighted by atomic mass is 16.5. The number of anilines is 1. The minimum absolute atomic E-state index is 0.0220. The molecule has 0 saturated carbocycles. The van der Waals surface area contributed by atoms with Crippen molar-refractivity contribution in [2.24, 2.45) is 0 Å². The Morgan fingerprint density at radius 2 is 1.96 bits per heavy atom. The quantitative estimate of drug-likeness (QED) is 0.466. The molecule has 2 heterocycles. The summed E-state index contributed by atoms with van der Waals surface area (Å²) in [5.41, 5.74) is 1.69. The SMILES string of the molecule is O=c1[nH][nH]c2cc(OCCC(Nc3nccnn3)c3ccccc3)ccc12. The molecule has 0 fully saturated rings. The first-order valence-corrected chi connectivity index (χ1v) is 8.58. The number of H-pyrrole nitrogens is 2. The van der Waals surface area contributed by atoms with Gasteiger partial charge in [0.25, 0.3) is 5.56 Å². The molecule has 3 N–H and O–H groups in total. The molecule has 136 valence electrons. The van der Waals surface area contributed by atoms with Gasteiger partial charge in [0.2, 0.25) is 5.95 Å². The zero-order chi connectivity index (χ0) is 18.5. The molecule has 1 atom stereocenters. The summed E-state index contributed by atoms with van der Waals surface area (Å²) in [6.45, 7) is 0.479.